The second-order valence-electron chi connectivity index (χ2n) is 4.53. The molecule has 2 rings (SSSR count). The number of nitrogens with zero attached hydrogens (tertiary/aromatic N) is 2. The van der Waals surface area contributed by atoms with Gasteiger partial charge in [-0.05, 0) is 37.1 Å². The molecule has 4 heteroatoms. The topological polar surface area (TPSA) is 53.1 Å². The van der Waals surface area contributed by atoms with Gasteiger partial charge in [-0.1, -0.05) is 13.0 Å². The van der Waals surface area contributed by atoms with Crippen molar-refractivity contribution in [3.05, 3.63) is 36.3 Å². The third kappa shape index (κ3) is 3.15. The molecule has 1 aromatic heterocycles. The summed E-state index contributed by atoms with van der Waals surface area (Å²) in [6.45, 7) is 3.74. The summed E-state index contributed by atoms with van der Waals surface area (Å²) in [6.07, 6.45) is 5.86. The van der Waals surface area contributed by atoms with Crippen LogP contribution in [0.3, 0.4) is 0 Å². The lowest BCUT2D eigenvalue weighted by Gasteiger charge is -2.08. The predicted molar refractivity (Wildman–Crippen MR) is 77.3 cm³/mol. The Labute approximate surface area is 114 Å². The van der Waals surface area contributed by atoms with E-state index in [0.29, 0.717) is 6.54 Å². The zero-order chi connectivity index (χ0) is 13.7. The molecule has 0 atom stereocenters. The number of aryl methyl sites for hydroxylation is 2. The molecule has 0 fully saturated rings. The maximum atomic E-state index is 5.52. The summed E-state index contributed by atoms with van der Waals surface area (Å²) < 4.78 is 7.49. The van der Waals surface area contributed by atoms with Gasteiger partial charge in [0.25, 0.3) is 0 Å². The second kappa shape index (κ2) is 6.38. The lowest BCUT2D eigenvalue weighted by Crippen LogP contribution is -2.03. The van der Waals surface area contributed by atoms with Crippen LogP contribution < -0.4 is 10.5 Å². The van der Waals surface area contributed by atoms with Crippen molar-refractivity contribution < 1.29 is 4.74 Å². The normalized spacial score (nSPS) is 10.7. The average Bonchev–Trinajstić information content (AvgIpc) is 2.93. The number of benzene rings is 1. The van der Waals surface area contributed by atoms with Crippen molar-refractivity contribution in [2.75, 3.05) is 13.7 Å². The molecule has 0 radical (unpaired) electrons. The van der Waals surface area contributed by atoms with E-state index in [2.05, 4.69) is 28.6 Å². The summed E-state index contributed by atoms with van der Waals surface area (Å²) in [4.78, 5) is 4.47. The molecule has 19 heavy (non-hydrogen) atoms. The van der Waals surface area contributed by atoms with Gasteiger partial charge in [0, 0.05) is 18.3 Å². The molecule has 0 saturated carbocycles. The molecule has 0 aliphatic carbocycles. The fourth-order valence-corrected chi connectivity index (χ4v) is 2.07. The highest BCUT2D eigenvalue weighted by atomic mass is 16.5. The van der Waals surface area contributed by atoms with E-state index in [1.54, 1.807) is 7.11 Å². The lowest BCUT2D eigenvalue weighted by molar-refractivity contribution is 0.416. The predicted octanol–water partition coefficient (Wildman–Crippen LogP) is 2.47. The maximum absolute atomic E-state index is 5.52. The summed E-state index contributed by atoms with van der Waals surface area (Å²) in [7, 11) is 1.69. The van der Waals surface area contributed by atoms with E-state index in [4.69, 9.17) is 10.5 Å². The minimum absolute atomic E-state index is 0.697. The largest absolute Gasteiger partial charge is 0.496 e. The number of methoxy groups -OCH3 is 1. The van der Waals surface area contributed by atoms with E-state index < -0.39 is 0 Å². The van der Waals surface area contributed by atoms with Crippen molar-refractivity contribution in [3.8, 4) is 17.0 Å². The Hall–Kier alpha value is -1.81. The van der Waals surface area contributed by atoms with E-state index >= 15 is 0 Å². The SMILES string of the molecule is CCc1ccc(OC)c(-c2cn(CCCN)cn2)c1. The van der Waals surface area contributed by atoms with Crippen LogP contribution in [-0.2, 0) is 13.0 Å². The molecule has 2 aromatic rings. The van der Waals surface area contributed by atoms with E-state index in [1.165, 1.54) is 5.56 Å². The van der Waals surface area contributed by atoms with Crippen LogP contribution in [0.2, 0.25) is 0 Å². The number of hydrogen-bond donors (Lipinski definition) is 1. The van der Waals surface area contributed by atoms with Crippen LogP contribution in [0.1, 0.15) is 18.9 Å². The Morgan fingerprint density at radius 1 is 1.37 bits per heavy atom. The zero-order valence-corrected chi connectivity index (χ0v) is 11.6. The van der Waals surface area contributed by atoms with Crippen molar-refractivity contribution in [1.82, 2.24) is 9.55 Å². The van der Waals surface area contributed by atoms with E-state index in [-0.39, 0.29) is 0 Å². The Morgan fingerprint density at radius 2 is 2.21 bits per heavy atom. The molecule has 1 heterocycles. The van der Waals surface area contributed by atoms with Gasteiger partial charge in [0.15, 0.2) is 0 Å². The van der Waals surface area contributed by atoms with Crippen molar-refractivity contribution in [2.24, 2.45) is 5.73 Å². The van der Waals surface area contributed by atoms with E-state index in [9.17, 15) is 0 Å². The monoisotopic (exact) mass is 259 g/mol. The van der Waals surface area contributed by atoms with Crippen molar-refractivity contribution in [3.63, 3.8) is 0 Å². The zero-order valence-electron chi connectivity index (χ0n) is 11.6. The smallest absolute Gasteiger partial charge is 0.128 e. The van der Waals surface area contributed by atoms with Crippen LogP contribution in [0, 0.1) is 0 Å². The summed E-state index contributed by atoms with van der Waals surface area (Å²) in [5, 5.41) is 0. The van der Waals surface area contributed by atoms with Crippen LogP contribution in [0.4, 0.5) is 0 Å². The second-order valence-corrected chi connectivity index (χ2v) is 4.53. The van der Waals surface area contributed by atoms with Crippen LogP contribution in [0.5, 0.6) is 5.75 Å². The number of rotatable bonds is 6. The number of imidazole rings is 1. The molecule has 0 unspecified atom stereocenters. The molecular weight excluding hydrogens is 238 g/mol. The van der Waals surface area contributed by atoms with Crippen molar-refractivity contribution in [2.45, 2.75) is 26.3 Å². The molecule has 4 nitrogen and oxygen atoms in total. The van der Waals surface area contributed by atoms with Gasteiger partial charge < -0.3 is 15.0 Å². The van der Waals surface area contributed by atoms with Crippen molar-refractivity contribution in [1.29, 1.82) is 0 Å². The third-order valence-corrected chi connectivity index (χ3v) is 3.20. The van der Waals surface area contributed by atoms with Gasteiger partial charge in [-0.2, -0.15) is 0 Å². The molecule has 0 amide bonds. The molecule has 0 saturated heterocycles. The number of hydrogen-bond acceptors (Lipinski definition) is 3. The van der Waals surface area contributed by atoms with Gasteiger partial charge in [-0.3, -0.25) is 0 Å². The van der Waals surface area contributed by atoms with Gasteiger partial charge in [0.05, 0.1) is 19.1 Å². The van der Waals surface area contributed by atoms with Crippen LogP contribution >= 0.6 is 0 Å². The summed E-state index contributed by atoms with van der Waals surface area (Å²) in [5.74, 6) is 0.862. The third-order valence-electron chi connectivity index (χ3n) is 3.20. The first-order valence-corrected chi connectivity index (χ1v) is 6.67. The molecule has 0 bridgehead atoms. The average molecular weight is 259 g/mol. The molecule has 0 spiro atoms. The van der Waals surface area contributed by atoms with E-state index in [1.807, 2.05) is 18.6 Å². The summed E-state index contributed by atoms with van der Waals surface area (Å²) in [6, 6.07) is 6.25. The minimum Gasteiger partial charge on any atom is -0.496 e. The minimum atomic E-state index is 0.697. The highest BCUT2D eigenvalue weighted by Gasteiger charge is 2.09. The Balaban J connectivity index is 2.31. The standard InChI is InChI=1S/C15H21N3O/c1-3-12-5-6-15(19-2)13(9-12)14-10-18(11-17-14)8-4-7-16/h5-6,9-11H,3-4,7-8,16H2,1-2H3. The Morgan fingerprint density at radius 3 is 2.89 bits per heavy atom. The van der Waals surface area contributed by atoms with Gasteiger partial charge in [-0.25, -0.2) is 4.98 Å². The van der Waals surface area contributed by atoms with Gasteiger partial charge in [0.2, 0.25) is 0 Å². The van der Waals surface area contributed by atoms with Crippen LogP contribution in [0.25, 0.3) is 11.3 Å². The maximum Gasteiger partial charge on any atom is 0.128 e. The molecule has 2 N–H and O–H groups in total. The number of aromatic nitrogens is 2. The Bertz CT molecular complexity index is 534. The van der Waals surface area contributed by atoms with Gasteiger partial charge in [-0.15, -0.1) is 0 Å². The van der Waals surface area contributed by atoms with Gasteiger partial charge >= 0.3 is 0 Å². The van der Waals surface area contributed by atoms with Gasteiger partial charge in [0.1, 0.15) is 5.75 Å². The fraction of sp³-hybridized carbons (Fsp3) is 0.400. The molecule has 0 aliphatic rings. The molecule has 1 aromatic carbocycles. The highest BCUT2D eigenvalue weighted by molar-refractivity contribution is 5.67. The first-order chi connectivity index (χ1) is 9.28. The van der Waals surface area contributed by atoms with Crippen molar-refractivity contribution >= 4 is 0 Å². The molecule has 102 valence electrons. The lowest BCUT2D eigenvalue weighted by atomic mass is 10.1. The van der Waals surface area contributed by atoms with Crippen LogP contribution in [-0.4, -0.2) is 23.2 Å². The van der Waals surface area contributed by atoms with Crippen LogP contribution in [0.15, 0.2) is 30.7 Å². The Kier molecular flexibility index (Phi) is 4.58. The quantitative estimate of drug-likeness (QED) is 0.867. The highest BCUT2D eigenvalue weighted by Crippen LogP contribution is 2.29. The van der Waals surface area contributed by atoms with E-state index in [0.717, 1.165) is 36.4 Å². The first-order valence-electron chi connectivity index (χ1n) is 6.67. The number of nitrogens with two attached hydrogens (primary N) is 1. The summed E-state index contributed by atoms with van der Waals surface area (Å²) >= 11 is 0. The summed E-state index contributed by atoms with van der Waals surface area (Å²) in [5.41, 5.74) is 8.81. The fourth-order valence-electron chi connectivity index (χ4n) is 2.07. The first kappa shape index (κ1) is 13.6. The molecular formula is C15H21N3O. The molecule has 0 aliphatic heterocycles. The number of ether oxygens (including phenoxy) is 1.